The fourth-order valence-electron chi connectivity index (χ4n) is 2.90. The van der Waals surface area contributed by atoms with Gasteiger partial charge in [0, 0.05) is 6.42 Å². The summed E-state index contributed by atoms with van der Waals surface area (Å²) < 4.78 is 0. The van der Waals surface area contributed by atoms with Gasteiger partial charge in [-0.3, -0.25) is 0 Å². The van der Waals surface area contributed by atoms with E-state index < -0.39 is 0 Å². The van der Waals surface area contributed by atoms with Crippen LogP contribution in [0.2, 0.25) is 0 Å². The third-order valence-electron chi connectivity index (χ3n) is 4.09. The monoisotopic (exact) mass is 256 g/mol. The number of hydrogen-bond acceptors (Lipinski definition) is 2. The highest BCUT2D eigenvalue weighted by molar-refractivity contribution is 5.15. The zero-order valence-corrected chi connectivity index (χ0v) is 11.7. The summed E-state index contributed by atoms with van der Waals surface area (Å²) in [6, 6.07) is 13.1. The minimum Gasteiger partial charge on any atom is -0.303 e. The van der Waals surface area contributed by atoms with Crippen LogP contribution in [0.4, 0.5) is 0 Å². The van der Waals surface area contributed by atoms with E-state index in [1.54, 1.807) is 0 Å². The molecule has 1 saturated heterocycles. The minimum absolute atomic E-state index is 0.713. The van der Waals surface area contributed by atoms with E-state index in [2.05, 4.69) is 41.3 Å². The molecule has 102 valence electrons. The standard InChI is InChI=1S/C17H24N2/c18-11-5-2-6-12-19-13-9-17(10-14-19)15-16-7-3-1-4-8-16/h1,3-4,7-8,17H,2,5-6,9-10,12-15H2. The number of unbranched alkanes of at least 4 members (excludes halogenated alkanes) is 2. The lowest BCUT2D eigenvalue weighted by Crippen LogP contribution is -2.35. The van der Waals surface area contributed by atoms with Crippen LogP contribution in [-0.2, 0) is 6.42 Å². The molecule has 0 saturated carbocycles. The second-order valence-electron chi connectivity index (χ2n) is 5.59. The number of hydrogen-bond donors (Lipinski definition) is 0. The van der Waals surface area contributed by atoms with Crippen LogP contribution in [-0.4, -0.2) is 24.5 Å². The highest BCUT2D eigenvalue weighted by Gasteiger charge is 2.18. The first-order valence-corrected chi connectivity index (χ1v) is 7.51. The van der Waals surface area contributed by atoms with Crippen LogP contribution in [0.5, 0.6) is 0 Å². The number of nitrogens with zero attached hydrogens (tertiary/aromatic N) is 2. The first-order valence-electron chi connectivity index (χ1n) is 7.51. The van der Waals surface area contributed by atoms with E-state index >= 15 is 0 Å². The number of rotatable bonds is 6. The van der Waals surface area contributed by atoms with Gasteiger partial charge in [0.1, 0.15) is 0 Å². The summed E-state index contributed by atoms with van der Waals surface area (Å²) in [5.41, 5.74) is 1.48. The Bertz CT molecular complexity index is 385. The van der Waals surface area contributed by atoms with Crippen molar-refractivity contribution in [2.75, 3.05) is 19.6 Å². The van der Waals surface area contributed by atoms with Crippen molar-refractivity contribution in [2.24, 2.45) is 5.92 Å². The van der Waals surface area contributed by atoms with E-state index in [4.69, 9.17) is 5.26 Å². The molecule has 0 bridgehead atoms. The summed E-state index contributed by atoms with van der Waals surface area (Å²) in [6.07, 6.45) is 6.84. The Labute approximate surface area is 117 Å². The van der Waals surface area contributed by atoms with Crippen molar-refractivity contribution in [1.82, 2.24) is 4.90 Å². The third kappa shape index (κ3) is 5.04. The SMILES string of the molecule is N#CCCCCN1CCC(Cc2ccccc2)CC1. The van der Waals surface area contributed by atoms with Gasteiger partial charge in [0.05, 0.1) is 6.07 Å². The molecular weight excluding hydrogens is 232 g/mol. The van der Waals surface area contributed by atoms with Gasteiger partial charge in [-0.05, 0) is 63.2 Å². The molecule has 0 amide bonds. The summed E-state index contributed by atoms with van der Waals surface area (Å²) in [4.78, 5) is 2.57. The molecule has 0 N–H and O–H groups in total. The normalized spacial score (nSPS) is 17.2. The van der Waals surface area contributed by atoms with Gasteiger partial charge in [0.2, 0.25) is 0 Å². The zero-order valence-electron chi connectivity index (χ0n) is 11.7. The number of piperidine rings is 1. The highest BCUT2D eigenvalue weighted by atomic mass is 15.1. The van der Waals surface area contributed by atoms with Gasteiger partial charge in [-0.2, -0.15) is 5.26 Å². The van der Waals surface area contributed by atoms with Crippen molar-refractivity contribution in [3.05, 3.63) is 35.9 Å². The first kappa shape index (κ1) is 14.1. The number of benzene rings is 1. The fraction of sp³-hybridized carbons (Fsp3) is 0.588. The van der Waals surface area contributed by atoms with Gasteiger partial charge in [0.15, 0.2) is 0 Å². The van der Waals surface area contributed by atoms with Crippen molar-refractivity contribution in [1.29, 1.82) is 5.26 Å². The van der Waals surface area contributed by atoms with Crippen molar-refractivity contribution in [3.8, 4) is 6.07 Å². The van der Waals surface area contributed by atoms with E-state index in [0.29, 0.717) is 6.42 Å². The molecule has 1 aromatic rings. The van der Waals surface area contributed by atoms with E-state index in [0.717, 1.165) is 12.3 Å². The van der Waals surface area contributed by atoms with Gasteiger partial charge in [0.25, 0.3) is 0 Å². The minimum atomic E-state index is 0.713. The first-order chi connectivity index (χ1) is 9.38. The summed E-state index contributed by atoms with van der Waals surface area (Å²) >= 11 is 0. The number of likely N-dealkylation sites (tertiary alicyclic amines) is 1. The Morgan fingerprint density at radius 2 is 1.84 bits per heavy atom. The molecule has 1 aliphatic rings. The summed E-state index contributed by atoms with van der Waals surface area (Å²) in [5, 5.41) is 8.51. The second kappa shape index (κ2) is 7.96. The molecule has 1 aromatic carbocycles. The topological polar surface area (TPSA) is 27.0 Å². The second-order valence-corrected chi connectivity index (χ2v) is 5.59. The molecule has 2 nitrogen and oxygen atoms in total. The summed E-state index contributed by atoms with van der Waals surface area (Å²) in [6.45, 7) is 3.66. The van der Waals surface area contributed by atoms with E-state index in [-0.39, 0.29) is 0 Å². The van der Waals surface area contributed by atoms with Gasteiger partial charge in [-0.25, -0.2) is 0 Å². The van der Waals surface area contributed by atoms with Crippen molar-refractivity contribution < 1.29 is 0 Å². The van der Waals surface area contributed by atoms with Gasteiger partial charge >= 0.3 is 0 Å². The average molecular weight is 256 g/mol. The van der Waals surface area contributed by atoms with E-state index in [1.807, 2.05) is 0 Å². The Kier molecular flexibility index (Phi) is 5.91. The Balaban J connectivity index is 1.64. The molecule has 0 atom stereocenters. The molecule has 0 aromatic heterocycles. The molecule has 0 unspecified atom stereocenters. The third-order valence-corrected chi connectivity index (χ3v) is 4.09. The van der Waals surface area contributed by atoms with Crippen molar-refractivity contribution >= 4 is 0 Å². The number of nitriles is 1. The Morgan fingerprint density at radius 3 is 2.53 bits per heavy atom. The largest absolute Gasteiger partial charge is 0.303 e. The maximum Gasteiger partial charge on any atom is 0.0621 e. The predicted molar refractivity (Wildman–Crippen MR) is 78.8 cm³/mol. The lowest BCUT2D eigenvalue weighted by atomic mass is 9.90. The molecule has 0 aliphatic carbocycles. The summed E-state index contributed by atoms with van der Waals surface area (Å²) in [7, 11) is 0. The maximum absolute atomic E-state index is 8.51. The highest BCUT2D eigenvalue weighted by Crippen LogP contribution is 2.21. The van der Waals surface area contributed by atoms with Crippen molar-refractivity contribution in [3.63, 3.8) is 0 Å². The predicted octanol–water partition coefficient (Wildman–Crippen LogP) is 3.63. The van der Waals surface area contributed by atoms with Crippen LogP contribution >= 0.6 is 0 Å². The average Bonchev–Trinajstić information content (AvgIpc) is 2.46. The van der Waals surface area contributed by atoms with Crippen LogP contribution in [0.3, 0.4) is 0 Å². The van der Waals surface area contributed by atoms with Gasteiger partial charge in [-0.1, -0.05) is 30.3 Å². The zero-order chi connectivity index (χ0) is 13.3. The molecule has 1 heterocycles. The van der Waals surface area contributed by atoms with Crippen LogP contribution < -0.4 is 0 Å². The van der Waals surface area contributed by atoms with Gasteiger partial charge < -0.3 is 4.90 Å². The molecule has 1 aliphatic heterocycles. The van der Waals surface area contributed by atoms with E-state index in [9.17, 15) is 0 Å². The maximum atomic E-state index is 8.51. The Morgan fingerprint density at radius 1 is 1.11 bits per heavy atom. The van der Waals surface area contributed by atoms with Crippen LogP contribution in [0.15, 0.2) is 30.3 Å². The quantitative estimate of drug-likeness (QED) is 0.727. The molecule has 2 rings (SSSR count). The fourth-order valence-corrected chi connectivity index (χ4v) is 2.90. The molecule has 1 fully saturated rings. The molecule has 2 heteroatoms. The van der Waals surface area contributed by atoms with Crippen LogP contribution in [0.1, 0.15) is 37.7 Å². The van der Waals surface area contributed by atoms with Crippen LogP contribution in [0.25, 0.3) is 0 Å². The lowest BCUT2D eigenvalue weighted by Gasteiger charge is -2.32. The molecule has 0 radical (unpaired) electrons. The lowest BCUT2D eigenvalue weighted by molar-refractivity contribution is 0.181. The molecule has 0 spiro atoms. The molecule has 19 heavy (non-hydrogen) atoms. The van der Waals surface area contributed by atoms with E-state index in [1.165, 1.54) is 50.9 Å². The molecular formula is C17H24N2. The van der Waals surface area contributed by atoms with Crippen LogP contribution in [0, 0.1) is 17.2 Å². The smallest absolute Gasteiger partial charge is 0.0621 e. The Hall–Kier alpha value is -1.33. The van der Waals surface area contributed by atoms with Gasteiger partial charge in [-0.15, -0.1) is 0 Å². The summed E-state index contributed by atoms with van der Waals surface area (Å²) in [5.74, 6) is 0.859. The van der Waals surface area contributed by atoms with Crippen molar-refractivity contribution in [2.45, 2.75) is 38.5 Å².